The van der Waals surface area contributed by atoms with Crippen molar-refractivity contribution in [3.05, 3.63) is 41.0 Å². The number of nitrogens with two attached hydrogens (primary N) is 1. The molecule has 0 amide bonds. The van der Waals surface area contributed by atoms with Crippen molar-refractivity contribution in [2.24, 2.45) is 0 Å². The van der Waals surface area contributed by atoms with Gasteiger partial charge in [-0.1, -0.05) is 31.5 Å². The Hall–Kier alpha value is -1.62. The van der Waals surface area contributed by atoms with E-state index in [2.05, 4.69) is 49.9 Å². The summed E-state index contributed by atoms with van der Waals surface area (Å²) in [5.74, 6) is 1.10. The van der Waals surface area contributed by atoms with Gasteiger partial charge in [-0.15, -0.1) is 0 Å². The first kappa shape index (κ1) is 13.8. The highest BCUT2D eigenvalue weighted by Crippen LogP contribution is 2.24. The van der Waals surface area contributed by atoms with E-state index in [9.17, 15) is 0 Å². The Morgan fingerprint density at radius 1 is 1.21 bits per heavy atom. The topological polar surface area (TPSA) is 55.0 Å². The van der Waals surface area contributed by atoms with Crippen LogP contribution in [0.1, 0.15) is 19.8 Å². The van der Waals surface area contributed by atoms with Crippen LogP contribution in [0, 0.1) is 0 Å². The van der Waals surface area contributed by atoms with Crippen LogP contribution in [0.2, 0.25) is 0 Å². The highest BCUT2D eigenvalue weighted by molar-refractivity contribution is 9.10. The van der Waals surface area contributed by atoms with Gasteiger partial charge < -0.3 is 10.6 Å². The first-order valence-corrected chi connectivity index (χ1v) is 7.12. The standard InChI is InChI=1S/C14H17BrN4/c1-2-3-9-19(11-7-5-4-6-8-11)14-17-12(15)10-13(16)18-14/h4-8,10H,2-3,9H2,1H3,(H2,16,17,18). The van der Waals surface area contributed by atoms with Gasteiger partial charge in [0.15, 0.2) is 0 Å². The number of unbranched alkanes of at least 4 members (excludes halogenated alkanes) is 1. The molecule has 0 unspecified atom stereocenters. The van der Waals surface area contributed by atoms with Gasteiger partial charge in [0.2, 0.25) is 5.95 Å². The van der Waals surface area contributed by atoms with Crippen LogP contribution in [0.25, 0.3) is 0 Å². The molecule has 0 saturated heterocycles. The minimum Gasteiger partial charge on any atom is -0.383 e. The number of halogens is 1. The predicted octanol–water partition coefficient (Wildman–Crippen LogP) is 3.76. The summed E-state index contributed by atoms with van der Waals surface area (Å²) in [6.07, 6.45) is 2.19. The lowest BCUT2D eigenvalue weighted by Gasteiger charge is -2.22. The molecule has 2 aromatic rings. The Morgan fingerprint density at radius 3 is 2.58 bits per heavy atom. The van der Waals surface area contributed by atoms with Crippen LogP contribution < -0.4 is 10.6 Å². The summed E-state index contributed by atoms with van der Waals surface area (Å²) in [6.45, 7) is 3.04. The van der Waals surface area contributed by atoms with Crippen molar-refractivity contribution < 1.29 is 0 Å². The van der Waals surface area contributed by atoms with Gasteiger partial charge >= 0.3 is 0 Å². The van der Waals surface area contributed by atoms with Crippen molar-refractivity contribution in [3.63, 3.8) is 0 Å². The molecule has 0 fully saturated rings. The number of rotatable bonds is 5. The Kier molecular flexibility index (Phi) is 4.74. The molecule has 2 N–H and O–H groups in total. The van der Waals surface area contributed by atoms with Crippen LogP contribution in [0.15, 0.2) is 41.0 Å². The Morgan fingerprint density at radius 2 is 1.95 bits per heavy atom. The molecule has 1 aromatic carbocycles. The molecule has 0 spiro atoms. The fourth-order valence-electron chi connectivity index (χ4n) is 1.81. The Bertz CT molecular complexity index is 510. The van der Waals surface area contributed by atoms with E-state index >= 15 is 0 Å². The number of hydrogen-bond acceptors (Lipinski definition) is 4. The summed E-state index contributed by atoms with van der Waals surface area (Å²) in [5, 5.41) is 0. The molecule has 4 nitrogen and oxygen atoms in total. The van der Waals surface area contributed by atoms with Gasteiger partial charge in [0.05, 0.1) is 0 Å². The second-order valence-corrected chi connectivity index (χ2v) is 5.07. The lowest BCUT2D eigenvalue weighted by Crippen LogP contribution is -2.21. The summed E-state index contributed by atoms with van der Waals surface area (Å²) >= 11 is 3.36. The third-order valence-electron chi connectivity index (χ3n) is 2.75. The molecular weight excluding hydrogens is 304 g/mol. The summed E-state index contributed by atoms with van der Waals surface area (Å²) in [4.78, 5) is 10.8. The van der Waals surface area contributed by atoms with Crippen LogP contribution in [-0.2, 0) is 0 Å². The first-order chi connectivity index (χ1) is 9.20. The average Bonchev–Trinajstić information content (AvgIpc) is 2.39. The smallest absolute Gasteiger partial charge is 0.232 e. The van der Waals surface area contributed by atoms with Crippen molar-refractivity contribution >= 4 is 33.4 Å². The van der Waals surface area contributed by atoms with Crippen molar-refractivity contribution in [1.29, 1.82) is 0 Å². The summed E-state index contributed by atoms with van der Waals surface area (Å²) in [5.41, 5.74) is 6.87. The maximum Gasteiger partial charge on any atom is 0.232 e. The molecule has 0 aliphatic heterocycles. The number of aromatic nitrogens is 2. The summed E-state index contributed by atoms with van der Waals surface area (Å²) in [7, 11) is 0. The lowest BCUT2D eigenvalue weighted by atomic mass is 10.2. The van der Waals surface area contributed by atoms with E-state index in [-0.39, 0.29) is 0 Å². The number of anilines is 3. The van der Waals surface area contributed by atoms with Crippen LogP contribution in [0.4, 0.5) is 17.5 Å². The van der Waals surface area contributed by atoms with Gasteiger partial charge in [-0.2, -0.15) is 4.98 Å². The first-order valence-electron chi connectivity index (χ1n) is 6.33. The van der Waals surface area contributed by atoms with Gasteiger partial charge in [-0.25, -0.2) is 4.98 Å². The maximum absolute atomic E-state index is 5.80. The molecule has 0 bridgehead atoms. The van der Waals surface area contributed by atoms with E-state index in [1.807, 2.05) is 18.2 Å². The van der Waals surface area contributed by atoms with Gasteiger partial charge in [0.25, 0.3) is 0 Å². The molecule has 0 aliphatic rings. The third kappa shape index (κ3) is 3.67. The minimum atomic E-state index is 0.467. The molecule has 19 heavy (non-hydrogen) atoms. The normalized spacial score (nSPS) is 10.4. The SMILES string of the molecule is CCCCN(c1ccccc1)c1nc(N)cc(Br)n1. The van der Waals surface area contributed by atoms with Crippen LogP contribution >= 0.6 is 15.9 Å². The fourth-order valence-corrected chi connectivity index (χ4v) is 2.21. The minimum absolute atomic E-state index is 0.467. The molecule has 0 radical (unpaired) electrons. The highest BCUT2D eigenvalue weighted by atomic mass is 79.9. The molecular formula is C14H17BrN4. The monoisotopic (exact) mass is 320 g/mol. The van der Waals surface area contributed by atoms with E-state index in [1.54, 1.807) is 6.07 Å². The van der Waals surface area contributed by atoms with E-state index in [4.69, 9.17) is 5.73 Å². The van der Waals surface area contributed by atoms with Gasteiger partial charge in [0.1, 0.15) is 10.4 Å². The fraction of sp³-hybridized carbons (Fsp3) is 0.286. The predicted molar refractivity (Wildman–Crippen MR) is 82.5 cm³/mol. The molecule has 0 atom stereocenters. The molecule has 1 heterocycles. The van der Waals surface area contributed by atoms with Gasteiger partial charge in [-0.3, -0.25) is 0 Å². The zero-order valence-corrected chi connectivity index (χ0v) is 12.5. The highest BCUT2D eigenvalue weighted by Gasteiger charge is 2.12. The van der Waals surface area contributed by atoms with E-state index in [0.717, 1.165) is 25.1 Å². The molecule has 2 rings (SSSR count). The van der Waals surface area contributed by atoms with Gasteiger partial charge in [-0.05, 0) is 34.5 Å². The third-order valence-corrected chi connectivity index (χ3v) is 3.15. The zero-order chi connectivity index (χ0) is 13.7. The Labute approximate surface area is 121 Å². The second kappa shape index (κ2) is 6.52. The van der Waals surface area contributed by atoms with E-state index in [1.165, 1.54) is 0 Å². The molecule has 1 aromatic heterocycles. The van der Waals surface area contributed by atoms with Crippen LogP contribution in [0.3, 0.4) is 0 Å². The maximum atomic E-state index is 5.80. The van der Waals surface area contributed by atoms with Gasteiger partial charge in [0, 0.05) is 18.3 Å². The number of benzene rings is 1. The van der Waals surface area contributed by atoms with Crippen LogP contribution in [-0.4, -0.2) is 16.5 Å². The quantitative estimate of drug-likeness (QED) is 0.852. The van der Waals surface area contributed by atoms with Crippen molar-refractivity contribution in [2.75, 3.05) is 17.2 Å². The molecule has 0 saturated carbocycles. The van der Waals surface area contributed by atoms with E-state index in [0.29, 0.717) is 16.4 Å². The summed E-state index contributed by atoms with van der Waals surface area (Å²) in [6, 6.07) is 11.8. The molecule has 0 aliphatic carbocycles. The average molecular weight is 321 g/mol. The number of hydrogen-bond donors (Lipinski definition) is 1. The van der Waals surface area contributed by atoms with Crippen molar-refractivity contribution in [2.45, 2.75) is 19.8 Å². The lowest BCUT2D eigenvalue weighted by molar-refractivity contribution is 0.770. The largest absolute Gasteiger partial charge is 0.383 e. The summed E-state index contributed by atoms with van der Waals surface area (Å²) < 4.78 is 0.701. The van der Waals surface area contributed by atoms with Crippen molar-refractivity contribution in [1.82, 2.24) is 9.97 Å². The second-order valence-electron chi connectivity index (χ2n) is 4.26. The molecule has 100 valence electrons. The van der Waals surface area contributed by atoms with Crippen molar-refractivity contribution in [3.8, 4) is 0 Å². The Balaban J connectivity index is 2.36. The number of nitrogens with zero attached hydrogens (tertiary/aromatic N) is 3. The van der Waals surface area contributed by atoms with E-state index < -0.39 is 0 Å². The zero-order valence-electron chi connectivity index (χ0n) is 10.9. The molecule has 5 heteroatoms. The number of nitrogen functional groups attached to an aromatic ring is 1. The van der Waals surface area contributed by atoms with Crippen LogP contribution in [0.5, 0.6) is 0 Å². The number of para-hydroxylation sites is 1.